The van der Waals surface area contributed by atoms with Gasteiger partial charge in [0, 0.05) is 5.92 Å². The van der Waals surface area contributed by atoms with Crippen LogP contribution in [0.15, 0.2) is 4.52 Å². The number of rotatable bonds is 2. The Labute approximate surface area is 64.6 Å². The van der Waals surface area contributed by atoms with Crippen molar-refractivity contribution in [3.8, 4) is 0 Å². The van der Waals surface area contributed by atoms with Crippen LogP contribution < -0.4 is 0 Å². The summed E-state index contributed by atoms with van der Waals surface area (Å²) in [6.07, 6.45) is -1.15. The van der Waals surface area contributed by atoms with E-state index in [-0.39, 0.29) is 11.7 Å². The second kappa shape index (κ2) is 2.98. The minimum atomic E-state index is -1.15. The number of alkyl halides is 1. The van der Waals surface area contributed by atoms with Crippen molar-refractivity contribution in [2.75, 3.05) is 0 Å². The van der Waals surface area contributed by atoms with Crippen LogP contribution in [0.4, 0.5) is 4.39 Å². The second-order valence-electron chi connectivity index (χ2n) is 2.76. The van der Waals surface area contributed by atoms with Gasteiger partial charge < -0.3 is 4.52 Å². The molecule has 0 aliphatic carbocycles. The summed E-state index contributed by atoms with van der Waals surface area (Å²) < 4.78 is 17.3. The summed E-state index contributed by atoms with van der Waals surface area (Å²) in [5.41, 5.74) is 0. The first kappa shape index (κ1) is 8.17. The van der Waals surface area contributed by atoms with E-state index in [0.717, 1.165) is 0 Å². The molecule has 1 heterocycles. The Bertz CT molecular complexity index is 210. The highest BCUT2D eigenvalue weighted by molar-refractivity contribution is 4.92. The molecule has 0 saturated carbocycles. The first-order chi connectivity index (χ1) is 5.11. The lowest BCUT2D eigenvalue weighted by molar-refractivity contribution is 0.322. The molecule has 0 saturated heterocycles. The van der Waals surface area contributed by atoms with E-state index in [1.165, 1.54) is 6.92 Å². The molecule has 0 amide bonds. The van der Waals surface area contributed by atoms with Gasteiger partial charge in [0.15, 0.2) is 6.17 Å². The van der Waals surface area contributed by atoms with Crippen LogP contribution in [0.3, 0.4) is 0 Å². The smallest absolute Gasteiger partial charge is 0.229 e. The summed E-state index contributed by atoms with van der Waals surface area (Å²) >= 11 is 0. The number of nitrogens with zero attached hydrogens (tertiary/aromatic N) is 2. The van der Waals surface area contributed by atoms with Gasteiger partial charge in [-0.15, -0.1) is 0 Å². The van der Waals surface area contributed by atoms with Gasteiger partial charge in [-0.1, -0.05) is 19.0 Å². The summed E-state index contributed by atoms with van der Waals surface area (Å²) in [6, 6.07) is 0. The van der Waals surface area contributed by atoms with E-state index >= 15 is 0 Å². The third-order valence-electron chi connectivity index (χ3n) is 1.31. The molecule has 0 aliphatic heterocycles. The van der Waals surface area contributed by atoms with Gasteiger partial charge in [0.05, 0.1) is 0 Å². The Balaban J connectivity index is 2.82. The molecule has 0 aliphatic rings. The van der Waals surface area contributed by atoms with Crippen LogP contribution in [0.25, 0.3) is 0 Å². The molecule has 0 unspecified atom stereocenters. The third kappa shape index (κ3) is 1.76. The van der Waals surface area contributed by atoms with Crippen molar-refractivity contribution >= 4 is 0 Å². The molecular weight excluding hydrogens is 147 g/mol. The highest BCUT2D eigenvalue weighted by Gasteiger charge is 2.13. The van der Waals surface area contributed by atoms with Crippen LogP contribution in [0.1, 0.15) is 44.6 Å². The molecule has 0 N–H and O–H groups in total. The fraction of sp³-hybridized carbons (Fsp3) is 0.714. The van der Waals surface area contributed by atoms with Crippen LogP contribution in [0.5, 0.6) is 0 Å². The minimum absolute atomic E-state index is 0.133. The highest BCUT2D eigenvalue weighted by Crippen LogP contribution is 2.16. The Morgan fingerprint density at radius 2 is 2.00 bits per heavy atom. The molecule has 0 radical (unpaired) electrons. The first-order valence-corrected chi connectivity index (χ1v) is 3.59. The molecule has 1 aromatic rings. The van der Waals surface area contributed by atoms with E-state index in [4.69, 9.17) is 4.52 Å². The van der Waals surface area contributed by atoms with E-state index in [1.54, 1.807) is 0 Å². The Morgan fingerprint density at radius 1 is 1.36 bits per heavy atom. The molecule has 1 rings (SSSR count). The molecule has 4 heteroatoms. The standard InChI is InChI=1S/C7H11FN2O/c1-4(2)7-9-6(5(3)8)10-11-7/h4-5H,1-3H3/t5-/m0/s1. The molecule has 11 heavy (non-hydrogen) atoms. The molecule has 3 nitrogen and oxygen atoms in total. The maximum absolute atomic E-state index is 12.5. The molecule has 0 bridgehead atoms. The van der Waals surface area contributed by atoms with Crippen LogP contribution in [0, 0.1) is 0 Å². The zero-order chi connectivity index (χ0) is 8.43. The van der Waals surface area contributed by atoms with Gasteiger partial charge in [0.2, 0.25) is 11.7 Å². The number of hydrogen-bond acceptors (Lipinski definition) is 3. The summed E-state index contributed by atoms with van der Waals surface area (Å²) in [6.45, 7) is 5.22. The van der Waals surface area contributed by atoms with Crippen molar-refractivity contribution < 1.29 is 8.91 Å². The van der Waals surface area contributed by atoms with Gasteiger partial charge in [0.1, 0.15) is 0 Å². The summed E-state index contributed by atoms with van der Waals surface area (Å²) in [7, 11) is 0. The summed E-state index contributed by atoms with van der Waals surface area (Å²) in [4.78, 5) is 3.86. The minimum Gasteiger partial charge on any atom is -0.339 e. The fourth-order valence-corrected chi connectivity index (χ4v) is 0.643. The summed E-state index contributed by atoms with van der Waals surface area (Å²) in [5, 5.41) is 3.48. The van der Waals surface area contributed by atoms with Crippen LogP contribution >= 0.6 is 0 Å². The van der Waals surface area contributed by atoms with E-state index < -0.39 is 6.17 Å². The van der Waals surface area contributed by atoms with Crippen molar-refractivity contribution in [1.29, 1.82) is 0 Å². The average molecular weight is 158 g/mol. The average Bonchev–Trinajstić information content (AvgIpc) is 2.33. The van der Waals surface area contributed by atoms with Crippen molar-refractivity contribution in [2.45, 2.75) is 32.9 Å². The second-order valence-corrected chi connectivity index (χ2v) is 2.76. The van der Waals surface area contributed by atoms with Gasteiger partial charge in [-0.2, -0.15) is 4.98 Å². The van der Waals surface area contributed by atoms with E-state index in [0.29, 0.717) is 5.89 Å². The van der Waals surface area contributed by atoms with Crippen LogP contribution in [-0.4, -0.2) is 10.1 Å². The molecule has 0 fully saturated rings. The van der Waals surface area contributed by atoms with Gasteiger partial charge in [-0.3, -0.25) is 0 Å². The van der Waals surface area contributed by atoms with Crippen LogP contribution in [-0.2, 0) is 0 Å². The first-order valence-electron chi connectivity index (χ1n) is 3.59. The highest BCUT2D eigenvalue weighted by atomic mass is 19.1. The predicted octanol–water partition coefficient (Wildman–Crippen LogP) is 2.22. The normalized spacial score (nSPS) is 13.9. The molecular formula is C7H11FN2O. The Kier molecular flexibility index (Phi) is 2.22. The zero-order valence-corrected chi connectivity index (χ0v) is 6.84. The molecule has 1 atom stereocenters. The van der Waals surface area contributed by atoms with Crippen molar-refractivity contribution in [3.63, 3.8) is 0 Å². The fourth-order valence-electron chi connectivity index (χ4n) is 0.643. The zero-order valence-electron chi connectivity index (χ0n) is 6.84. The number of hydrogen-bond donors (Lipinski definition) is 0. The lowest BCUT2D eigenvalue weighted by atomic mass is 10.2. The molecule has 0 aromatic carbocycles. The largest absolute Gasteiger partial charge is 0.339 e. The van der Waals surface area contributed by atoms with Crippen molar-refractivity contribution in [3.05, 3.63) is 11.7 Å². The topological polar surface area (TPSA) is 38.9 Å². The molecule has 1 aromatic heterocycles. The van der Waals surface area contributed by atoms with Gasteiger partial charge in [0.25, 0.3) is 0 Å². The maximum Gasteiger partial charge on any atom is 0.229 e. The van der Waals surface area contributed by atoms with E-state index in [2.05, 4.69) is 10.1 Å². The lowest BCUT2D eigenvalue weighted by Crippen LogP contribution is -1.90. The van der Waals surface area contributed by atoms with Crippen LogP contribution in [0.2, 0.25) is 0 Å². The number of halogens is 1. The van der Waals surface area contributed by atoms with E-state index in [9.17, 15) is 4.39 Å². The van der Waals surface area contributed by atoms with Crippen molar-refractivity contribution in [2.24, 2.45) is 0 Å². The Hall–Kier alpha value is -0.930. The number of aromatic nitrogens is 2. The monoisotopic (exact) mass is 158 g/mol. The third-order valence-corrected chi connectivity index (χ3v) is 1.31. The quantitative estimate of drug-likeness (QED) is 0.662. The van der Waals surface area contributed by atoms with Gasteiger partial charge in [-0.25, -0.2) is 4.39 Å². The lowest BCUT2D eigenvalue weighted by Gasteiger charge is -1.92. The van der Waals surface area contributed by atoms with Gasteiger partial charge in [-0.05, 0) is 6.92 Å². The maximum atomic E-state index is 12.5. The molecule has 0 spiro atoms. The predicted molar refractivity (Wildman–Crippen MR) is 37.9 cm³/mol. The Morgan fingerprint density at radius 3 is 2.27 bits per heavy atom. The van der Waals surface area contributed by atoms with Gasteiger partial charge >= 0.3 is 0 Å². The SMILES string of the molecule is CC(C)c1nc([C@H](C)F)no1. The summed E-state index contributed by atoms with van der Waals surface area (Å²) in [5.74, 6) is 0.785. The van der Waals surface area contributed by atoms with Crippen molar-refractivity contribution in [1.82, 2.24) is 10.1 Å². The molecule has 62 valence electrons. The van der Waals surface area contributed by atoms with E-state index in [1.807, 2.05) is 13.8 Å².